The van der Waals surface area contributed by atoms with Crippen LogP contribution in [0.4, 0.5) is 11.4 Å². The predicted molar refractivity (Wildman–Crippen MR) is 124 cm³/mol. The molecule has 3 aromatic rings. The lowest BCUT2D eigenvalue weighted by Gasteiger charge is -2.12. The number of anilines is 1. The Labute approximate surface area is 194 Å². The Balaban J connectivity index is 1.79. The van der Waals surface area contributed by atoms with Gasteiger partial charge >= 0.3 is 0 Å². The highest BCUT2D eigenvalue weighted by molar-refractivity contribution is 6.30. The number of hydrogen-bond acceptors (Lipinski definition) is 6. The molecule has 0 radical (unpaired) electrons. The van der Waals surface area contributed by atoms with E-state index in [0.29, 0.717) is 22.1 Å². The largest absolute Gasteiger partial charge is 0.493 e. The quantitative estimate of drug-likeness (QED) is 0.207. The van der Waals surface area contributed by atoms with Crippen molar-refractivity contribution in [2.45, 2.75) is 6.61 Å². The van der Waals surface area contributed by atoms with E-state index in [0.717, 1.165) is 5.56 Å². The van der Waals surface area contributed by atoms with Gasteiger partial charge in [0.05, 0.1) is 12.0 Å². The number of nitrogens with one attached hydrogen (secondary N) is 1. The fourth-order valence-corrected chi connectivity index (χ4v) is 2.97. The van der Waals surface area contributed by atoms with E-state index < -0.39 is 10.8 Å². The summed E-state index contributed by atoms with van der Waals surface area (Å²) in [6.45, 7) is 0.263. The number of carbonyl (C=O) groups excluding carboxylic acids is 1. The van der Waals surface area contributed by atoms with E-state index in [1.54, 1.807) is 30.3 Å². The SMILES string of the molecule is COc1ccc(/C=C(\C#N)C(=O)Nc2cccc([N+](=O)[O-])c2)cc1OCc1ccc(Cl)cc1. The summed E-state index contributed by atoms with van der Waals surface area (Å²) in [5, 5.41) is 23.5. The molecule has 0 fully saturated rings. The summed E-state index contributed by atoms with van der Waals surface area (Å²) >= 11 is 5.90. The monoisotopic (exact) mass is 463 g/mol. The number of hydrogen-bond donors (Lipinski definition) is 1. The molecule has 0 atom stereocenters. The van der Waals surface area contributed by atoms with Crippen LogP contribution >= 0.6 is 11.6 Å². The number of rotatable bonds is 8. The van der Waals surface area contributed by atoms with Gasteiger partial charge in [0.2, 0.25) is 0 Å². The smallest absolute Gasteiger partial charge is 0.271 e. The maximum Gasteiger partial charge on any atom is 0.271 e. The van der Waals surface area contributed by atoms with E-state index >= 15 is 0 Å². The van der Waals surface area contributed by atoms with Crippen LogP contribution in [0, 0.1) is 21.4 Å². The van der Waals surface area contributed by atoms with Crippen LogP contribution in [0.5, 0.6) is 11.5 Å². The van der Waals surface area contributed by atoms with E-state index in [1.165, 1.54) is 37.5 Å². The molecule has 0 heterocycles. The zero-order valence-electron chi connectivity index (χ0n) is 17.4. The molecule has 0 aliphatic heterocycles. The van der Waals surface area contributed by atoms with Gasteiger partial charge in [0, 0.05) is 22.8 Å². The second-order valence-electron chi connectivity index (χ2n) is 6.76. The molecule has 166 valence electrons. The molecule has 0 saturated carbocycles. The molecule has 0 aliphatic rings. The number of amides is 1. The van der Waals surface area contributed by atoms with Crippen molar-refractivity contribution >= 4 is 35.0 Å². The molecule has 33 heavy (non-hydrogen) atoms. The number of methoxy groups -OCH3 is 1. The average Bonchev–Trinajstić information content (AvgIpc) is 2.82. The number of nitrogens with zero attached hydrogens (tertiary/aromatic N) is 2. The lowest BCUT2D eigenvalue weighted by molar-refractivity contribution is -0.384. The van der Waals surface area contributed by atoms with Crippen molar-refractivity contribution in [1.29, 1.82) is 5.26 Å². The van der Waals surface area contributed by atoms with E-state index in [2.05, 4.69) is 5.32 Å². The van der Waals surface area contributed by atoms with Crippen LogP contribution in [0.1, 0.15) is 11.1 Å². The predicted octanol–water partition coefficient (Wildman–Crippen LogP) is 5.38. The number of nitriles is 1. The zero-order chi connectivity index (χ0) is 23.8. The van der Waals surface area contributed by atoms with Crippen molar-refractivity contribution < 1.29 is 19.2 Å². The number of ether oxygens (including phenoxy) is 2. The number of benzene rings is 3. The maximum absolute atomic E-state index is 12.5. The minimum atomic E-state index is -0.697. The fourth-order valence-electron chi connectivity index (χ4n) is 2.85. The van der Waals surface area contributed by atoms with Crippen LogP contribution < -0.4 is 14.8 Å². The van der Waals surface area contributed by atoms with Crippen LogP contribution in [0.2, 0.25) is 5.02 Å². The van der Waals surface area contributed by atoms with Crippen molar-refractivity contribution in [3.63, 3.8) is 0 Å². The molecule has 0 spiro atoms. The Morgan fingerprint density at radius 3 is 2.58 bits per heavy atom. The zero-order valence-corrected chi connectivity index (χ0v) is 18.2. The molecule has 0 aromatic heterocycles. The first kappa shape index (κ1) is 23.3. The highest BCUT2D eigenvalue weighted by atomic mass is 35.5. The summed E-state index contributed by atoms with van der Waals surface area (Å²) in [5.74, 6) is 0.218. The van der Waals surface area contributed by atoms with Gasteiger partial charge in [-0.05, 0) is 47.5 Å². The lowest BCUT2D eigenvalue weighted by Crippen LogP contribution is -2.13. The molecule has 0 bridgehead atoms. The Morgan fingerprint density at radius 1 is 1.15 bits per heavy atom. The summed E-state index contributed by atoms with van der Waals surface area (Å²) in [5.41, 5.74) is 1.28. The van der Waals surface area contributed by atoms with Crippen molar-refractivity contribution in [2.75, 3.05) is 12.4 Å². The van der Waals surface area contributed by atoms with Crippen LogP contribution in [-0.2, 0) is 11.4 Å². The van der Waals surface area contributed by atoms with E-state index in [-0.39, 0.29) is 23.6 Å². The molecule has 0 aliphatic carbocycles. The molecule has 3 rings (SSSR count). The summed E-state index contributed by atoms with van der Waals surface area (Å²) in [6.07, 6.45) is 1.39. The van der Waals surface area contributed by atoms with Crippen molar-refractivity contribution in [1.82, 2.24) is 0 Å². The summed E-state index contributed by atoms with van der Waals surface area (Å²) in [6, 6.07) is 19.5. The van der Waals surface area contributed by atoms with Crippen LogP contribution in [0.15, 0.2) is 72.3 Å². The standard InChI is InChI=1S/C24H18ClN3O5/c1-32-22-10-7-17(12-23(22)33-15-16-5-8-19(25)9-6-16)11-18(14-26)24(29)27-20-3-2-4-21(13-20)28(30)31/h2-13H,15H2,1H3,(H,27,29)/b18-11+. The summed E-state index contributed by atoms with van der Waals surface area (Å²) < 4.78 is 11.2. The number of halogens is 1. The van der Waals surface area contributed by atoms with Gasteiger partial charge < -0.3 is 14.8 Å². The molecular weight excluding hydrogens is 446 g/mol. The minimum Gasteiger partial charge on any atom is -0.493 e. The molecule has 9 heteroatoms. The molecule has 1 amide bonds. The second-order valence-corrected chi connectivity index (χ2v) is 7.19. The highest BCUT2D eigenvalue weighted by Gasteiger charge is 2.13. The average molecular weight is 464 g/mol. The lowest BCUT2D eigenvalue weighted by atomic mass is 10.1. The van der Waals surface area contributed by atoms with Crippen molar-refractivity contribution in [2.24, 2.45) is 0 Å². The van der Waals surface area contributed by atoms with Crippen LogP contribution in [-0.4, -0.2) is 17.9 Å². The Bertz CT molecular complexity index is 1250. The van der Waals surface area contributed by atoms with Gasteiger partial charge in [-0.2, -0.15) is 5.26 Å². The summed E-state index contributed by atoms with van der Waals surface area (Å²) in [4.78, 5) is 22.9. The van der Waals surface area contributed by atoms with Gasteiger partial charge in [-0.3, -0.25) is 14.9 Å². The van der Waals surface area contributed by atoms with Crippen LogP contribution in [0.25, 0.3) is 6.08 Å². The van der Waals surface area contributed by atoms with Gasteiger partial charge in [0.25, 0.3) is 11.6 Å². The van der Waals surface area contributed by atoms with Gasteiger partial charge in [-0.25, -0.2) is 0 Å². The van der Waals surface area contributed by atoms with Crippen LogP contribution in [0.3, 0.4) is 0 Å². The minimum absolute atomic E-state index is 0.173. The molecule has 8 nitrogen and oxygen atoms in total. The van der Waals surface area contributed by atoms with E-state index in [4.69, 9.17) is 21.1 Å². The first-order chi connectivity index (χ1) is 15.9. The third kappa shape index (κ3) is 6.32. The normalized spacial score (nSPS) is 10.8. The van der Waals surface area contributed by atoms with Crippen molar-refractivity contribution in [3.05, 3.63) is 98.6 Å². The fraction of sp³-hybridized carbons (Fsp3) is 0.0833. The van der Waals surface area contributed by atoms with Gasteiger partial charge in [-0.1, -0.05) is 35.9 Å². The topological polar surface area (TPSA) is 114 Å². The molecule has 3 aromatic carbocycles. The number of nitro benzene ring substituents is 1. The van der Waals surface area contributed by atoms with Crippen molar-refractivity contribution in [3.8, 4) is 17.6 Å². The van der Waals surface area contributed by atoms with Gasteiger partial charge in [0.1, 0.15) is 18.2 Å². The van der Waals surface area contributed by atoms with E-state index in [9.17, 15) is 20.2 Å². The Hall–Kier alpha value is -4.35. The highest BCUT2D eigenvalue weighted by Crippen LogP contribution is 2.30. The van der Waals surface area contributed by atoms with E-state index in [1.807, 2.05) is 18.2 Å². The first-order valence-corrected chi connectivity index (χ1v) is 10.0. The number of non-ortho nitro benzene ring substituents is 1. The molecular formula is C24H18ClN3O5. The molecule has 0 unspecified atom stereocenters. The second kappa shape index (κ2) is 10.8. The molecule has 1 N–H and O–H groups in total. The Kier molecular flexibility index (Phi) is 7.63. The molecule has 0 saturated heterocycles. The van der Waals surface area contributed by atoms with Gasteiger partial charge in [-0.15, -0.1) is 0 Å². The first-order valence-electron chi connectivity index (χ1n) is 9.62. The van der Waals surface area contributed by atoms with Gasteiger partial charge in [0.15, 0.2) is 11.5 Å². The Morgan fingerprint density at radius 2 is 1.91 bits per heavy atom. The third-order valence-electron chi connectivity index (χ3n) is 4.49. The number of nitro groups is 1. The summed E-state index contributed by atoms with van der Waals surface area (Å²) in [7, 11) is 1.51. The number of carbonyl (C=O) groups is 1. The third-order valence-corrected chi connectivity index (χ3v) is 4.74. The maximum atomic E-state index is 12.5.